The number of carbonyl (C=O) groups excluding carboxylic acids is 1. The average molecular weight is 395 g/mol. The quantitative estimate of drug-likeness (QED) is 0.624. The Morgan fingerprint density at radius 1 is 1.57 bits per heavy atom. The van der Waals surface area contributed by atoms with Crippen LogP contribution in [-0.2, 0) is 7.05 Å². The number of aromatic nitrogens is 2. The number of hydrogen-bond acceptors (Lipinski definition) is 5. The molecular formula is C15H15BrN4O2S. The van der Waals surface area contributed by atoms with Crippen molar-refractivity contribution < 1.29 is 9.53 Å². The summed E-state index contributed by atoms with van der Waals surface area (Å²) in [6, 6.07) is 7.63. The lowest BCUT2D eigenvalue weighted by Gasteiger charge is -2.25. The summed E-state index contributed by atoms with van der Waals surface area (Å²) in [5.74, 6) is 2.56. The van der Waals surface area contributed by atoms with Gasteiger partial charge in [0.15, 0.2) is 0 Å². The average Bonchev–Trinajstić information content (AvgIpc) is 2.82. The standard InChI is InChI=1S/C15H15BrN4O2S/c1-20-14(13(16)7-18-20)15(21)19-17-6-10-3-2-4-11(5-10)22-12-8-23-9-12/h2-7,12H,8-9H2,1H3,(H,19,21)/b17-6-. The third-order valence-electron chi connectivity index (χ3n) is 3.26. The number of hydrazone groups is 1. The van der Waals surface area contributed by atoms with Crippen molar-refractivity contribution in [3.05, 3.63) is 46.2 Å². The Labute approximate surface area is 146 Å². The highest BCUT2D eigenvalue weighted by atomic mass is 79.9. The number of hydrogen-bond donors (Lipinski definition) is 1. The molecule has 23 heavy (non-hydrogen) atoms. The first kappa shape index (κ1) is 16.1. The van der Waals surface area contributed by atoms with Gasteiger partial charge < -0.3 is 4.74 Å². The topological polar surface area (TPSA) is 68.5 Å². The molecule has 1 fully saturated rings. The summed E-state index contributed by atoms with van der Waals surface area (Å²) < 4.78 is 7.93. The van der Waals surface area contributed by atoms with Crippen molar-refractivity contribution in [3.8, 4) is 5.75 Å². The highest BCUT2D eigenvalue weighted by molar-refractivity contribution is 9.10. The number of nitrogens with one attached hydrogen (secondary N) is 1. The summed E-state index contributed by atoms with van der Waals surface area (Å²) in [6.07, 6.45) is 3.46. The fourth-order valence-electron chi connectivity index (χ4n) is 2.03. The van der Waals surface area contributed by atoms with Gasteiger partial charge in [-0.3, -0.25) is 9.48 Å². The molecule has 120 valence electrons. The Balaban J connectivity index is 1.61. The van der Waals surface area contributed by atoms with E-state index >= 15 is 0 Å². The molecule has 0 unspecified atom stereocenters. The van der Waals surface area contributed by atoms with Crippen LogP contribution in [0.15, 0.2) is 40.0 Å². The molecule has 0 aliphatic carbocycles. The predicted octanol–water partition coefficient (Wildman–Crippen LogP) is 2.44. The van der Waals surface area contributed by atoms with E-state index in [2.05, 4.69) is 31.6 Å². The SMILES string of the molecule is Cn1ncc(Br)c1C(=O)N/N=C\c1cccc(OC2CSC2)c1. The molecule has 1 amide bonds. The molecule has 0 atom stereocenters. The highest BCUT2D eigenvalue weighted by Gasteiger charge is 2.19. The second-order valence-electron chi connectivity index (χ2n) is 5.01. The third kappa shape index (κ3) is 3.94. The van der Waals surface area contributed by atoms with E-state index in [-0.39, 0.29) is 5.91 Å². The Hall–Kier alpha value is -1.80. The van der Waals surface area contributed by atoms with Gasteiger partial charge in [-0.05, 0) is 33.6 Å². The minimum atomic E-state index is -0.327. The molecule has 1 saturated heterocycles. The van der Waals surface area contributed by atoms with Crippen molar-refractivity contribution >= 4 is 39.8 Å². The number of ether oxygens (including phenoxy) is 1. The van der Waals surface area contributed by atoms with Gasteiger partial charge in [0, 0.05) is 18.6 Å². The van der Waals surface area contributed by atoms with Gasteiger partial charge in [0.2, 0.25) is 0 Å². The van der Waals surface area contributed by atoms with Crippen LogP contribution in [0, 0.1) is 0 Å². The van der Waals surface area contributed by atoms with Gasteiger partial charge in [0.1, 0.15) is 17.5 Å². The Kier molecular flexibility index (Phi) is 5.02. The molecule has 0 bridgehead atoms. The van der Waals surface area contributed by atoms with Gasteiger partial charge >= 0.3 is 0 Å². The maximum absolute atomic E-state index is 12.1. The van der Waals surface area contributed by atoms with Crippen LogP contribution >= 0.6 is 27.7 Å². The van der Waals surface area contributed by atoms with Crippen LogP contribution in [0.2, 0.25) is 0 Å². The Morgan fingerprint density at radius 3 is 3.04 bits per heavy atom. The lowest BCUT2D eigenvalue weighted by atomic mass is 10.2. The number of carbonyl (C=O) groups is 1. The van der Waals surface area contributed by atoms with E-state index in [9.17, 15) is 4.79 Å². The zero-order valence-corrected chi connectivity index (χ0v) is 14.8. The Morgan fingerprint density at radius 2 is 2.39 bits per heavy atom. The molecule has 0 spiro atoms. The molecule has 2 heterocycles. The van der Waals surface area contributed by atoms with Crippen LogP contribution in [-0.4, -0.2) is 39.5 Å². The molecule has 1 N–H and O–H groups in total. The van der Waals surface area contributed by atoms with E-state index in [1.54, 1.807) is 19.5 Å². The molecule has 3 rings (SSSR count). The number of aryl methyl sites for hydroxylation is 1. The van der Waals surface area contributed by atoms with Gasteiger partial charge in [0.25, 0.3) is 5.91 Å². The molecule has 0 radical (unpaired) electrons. The molecular weight excluding hydrogens is 380 g/mol. The van der Waals surface area contributed by atoms with Gasteiger partial charge in [0.05, 0.1) is 16.9 Å². The van der Waals surface area contributed by atoms with Crippen LogP contribution in [0.4, 0.5) is 0 Å². The number of nitrogens with zero attached hydrogens (tertiary/aromatic N) is 3. The maximum atomic E-state index is 12.1. The van der Waals surface area contributed by atoms with E-state index < -0.39 is 0 Å². The lowest BCUT2D eigenvalue weighted by Crippen LogP contribution is -2.31. The summed E-state index contributed by atoms with van der Waals surface area (Å²) >= 11 is 5.16. The monoisotopic (exact) mass is 394 g/mol. The zero-order valence-electron chi connectivity index (χ0n) is 12.4. The smallest absolute Gasteiger partial charge is 0.290 e. The van der Waals surface area contributed by atoms with Crippen LogP contribution in [0.25, 0.3) is 0 Å². The first-order valence-corrected chi connectivity index (χ1v) is 8.93. The minimum absolute atomic E-state index is 0.300. The summed E-state index contributed by atoms with van der Waals surface area (Å²) in [4.78, 5) is 12.1. The van der Waals surface area contributed by atoms with Crippen molar-refractivity contribution in [1.29, 1.82) is 0 Å². The Bertz CT molecular complexity index is 723. The van der Waals surface area contributed by atoms with Gasteiger partial charge in [-0.1, -0.05) is 12.1 Å². The maximum Gasteiger partial charge on any atom is 0.290 e. The van der Waals surface area contributed by atoms with Crippen LogP contribution in [0.5, 0.6) is 5.75 Å². The van der Waals surface area contributed by atoms with E-state index in [1.807, 2.05) is 36.0 Å². The number of halogens is 1. The summed E-state index contributed by atoms with van der Waals surface area (Å²) in [5.41, 5.74) is 3.77. The molecule has 1 aliphatic heterocycles. The van der Waals surface area contributed by atoms with Crippen molar-refractivity contribution in [1.82, 2.24) is 15.2 Å². The van der Waals surface area contributed by atoms with Crippen molar-refractivity contribution in [2.45, 2.75) is 6.10 Å². The molecule has 8 heteroatoms. The second kappa shape index (κ2) is 7.18. The van der Waals surface area contributed by atoms with Crippen molar-refractivity contribution in [2.24, 2.45) is 12.1 Å². The number of rotatable bonds is 5. The number of benzene rings is 1. The number of amides is 1. The second-order valence-corrected chi connectivity index (χ2v) is 6.94. The predicted molar refractivity (Wildman–Crippen MR) is 94.2 cm³/mol. The van der Waals surface area contributed by atoms with Crippen LogP contribution < -0.4 is 10.2 Å². The van der Waals surface area contributed by atoms with E-state index in [4.69, 9.17) is 4.74 Å². The van der Waals surface area contributed by atoms with Gasteiger partial charge in [-0.15, -0.1) is 0 Å². The number of thioether (sulfide) groups is 1. The molecule has 0 saturated carbocycles. The van der Waals surface area contributed by atoms with Crippen molar-refractivity contribution in [3.63, 3.8) is 0 Å². The third-order valence-corrected chi connectivity index (χ3v) is 5.05. The first-order valence-electron chi connectivity index (χ1n) is 6.99. The molecule has 1 aromatic heterocycles. The highest BCUT2D eigenvalue weighted by Crippen LogP contribution is 2.24. The summed E-state index contributed by atoms with van der Waals surface area (Å²) in [6.45, 7) is 0. The minimum Gasteiger partial charge on any atom is -0.489 e. The molecule has 1 aromatic carbocycles. The van der Waals surface area contributed by atoms with E-state index in [0.717, 1.165) is 22.8 Å². The van der Waals surface area contributed by atoms with E-state index in [0.29, 0.717) is 16.3 Å². The van der Waals surface area contributed by atoms with E-state index in [1.165, 1.54) is 4.68 Å². The summed E-state index contributed by atoms with van der Waals surface area (Å²) in [7, 11) is 1.70. The van der Waals surface area contributed by atoms with Gasteiger partial charge in [-0.2, -0.15) is 22.0 Å². The fraction of sp³-hybridized carbons (Fsp3) is 0.267. The molecule has 2 aromatic rings. The summed E-state index contributed by atoms with van der Waals surface area (Å²) in [5, 5.41) is 7.98. The molecule has 6 nitrogen and oxygen atoms in total. The van der Waals surface area contributed by atoms with Crippen LogP contribution in [0.1, 0.15) is 16.1 Å². The fourth-order valence-corrected chi connectivity index (χ4v) is 3.12. The first-order chi connectivity index (χ1) is 11.1. The zero-order chi connectivity index (χ0) is 16.2. The van der Waals surface area contributed by atoms with Gasteiger partial charge in [-0.25, -0.2) is 5.43 Å². The largest absolute Gasteiger partial charge is 0.489 e. The lowest BCUT2D eigenvalue weighted by molar-refractivity contribution is 0.0945. The normalized spacial score (nSPS) is 14.7. The van der Waals surface area contributed by atoms with Crippen LogP contribution in [0.3, 0.4) is 0 Å². The van der Waals surface area contributed by atoms with Crippen molar-refractivity contribution in [2.75, 3.05) is 11.5 Å². The molecule has 1 aliphatic rings.